The van der Waals surface area contributed by atoms with E-state index in [1.165, 1.54) is 0 Å². The standard InChI is InChI=1S/C7H11N2O/c1-3-7(10)6-4-8-5-9(6)2/h5H,3-4H2,1-2H3/q+1. The normalized spacial score (nSPS) is 16.6. The Kier molecular flexibility index (Phi) is 1.94. The Bertz CT molecular complexity index is 216. The maximum atomic E-state index is 11.1. The molecule has 0 aromatic carbocycles. The summed E-state index contributed by atoms with van der Waals surface area (Å²) in [5, 5.41) is 0. The third-order valence-electron chi connectivity index (χ3n) is 1.56. The topological polar surface area (TPSA) is 32.4 Å². The largest absolute Gasteiger partial charge is 0.290 e. The minimum absolute atomic E-state index is 0.194. The molecule has 0 aromatic heterocycles. The third kappa shape index (κ3) is 1.12. The van der Waals surface area contributed by atoms with E-state index in [9.17, 15) is 4.79 Å². The summed E-state index contributed by atoms with van der Waals surface area (Å²) in [7, 11) is 1.85. The number of hydrogen-bond donors (Lipinski definition) is 0. The summed E-state index contributed by atoms with van der Waals surface area (Å²) in [5.41, 5.74) is 0.808. The van der Waals surface area contributed by atoms with Crippen molar-refractivity contribution in [3.63, 3.8) is 0 Å². The zero-order valence-electron chi connectivity index (χ0n) is 6.29. The van der Waals surface area contributed by atoms with Crippen LogP contribution in [0.1, 0.15) is 13.3 Å². The molecule has 0 aliphatic carbocycles. The number of ketones is 1. The highest BCUT2D eigenvalue weighted by atomic mass is 16.1. The second-order valence-corrected chi connectivity index (χ2v) is 2.29. The molecule has 0 saturated heterocycles. The van der Waals surface area contributed by atoms with E-state index in [0.717, 1.165) is 5.71 Å². The molecule has 1 aliphatic rings. The Hall–Kier alpha value is -0.990. The molecule has 0 amide bonds. The zero-order valence-corrected chi connectivity index (χ0v) is 6.29. The fourth-order valence-corrected chi connectivity index (χ4v) is 0.920. The van der Waals surface area contributed by atoms with E-state index in [-0.39, 0.29) is 5.78 Å². The molecule has 3 heteroatoms. The summed E-state index contributed by atoms with van der Waals surface area (Å²) in [6.07, 6.45) is 2.26. The fourth-order valence-electron chi connectivity index (χ4n) is 0.920. The molecular formula is C7H11N2O+. The molecule has 3 nitrogen and oxygen atoms in total. The summed E-state index contributed by atoms with van der Waals surface area (Å²) >= 11 is 0. The van der Waals surface area contributed by atoms with Gasteiger partial charge in [-0.15, -0.1) is 0 Å². The Morgan fingerprint density at radius 2 is 2.60 bits per heavy atom. The van der Waals surface area contributed by atoms with Gasteiger partial charge in [-0.1, -0.05) is 11.9 Å². The van der Waals surface area contributed by atoms with E-state index in [2.05, 4.69) is 4.99 Å². The summed E-state index contributed by atoms with van der Waals surface area (Å²) in [5.74, 6) is 0.194. The molecule has 0 radical (unpaired) electrons. The summed E-state index contributed by atoms with van der Waals surface area (Å²) in [6, 6.07) is 0. The smallest absolute Gasteiger partial charge is 0.280 e. The van der Waals surface area contributed by atoms with Crippen LogP contribution in [0.4, 0.5) is 0 Å². The molecule has 0 atom stereocenters. The van der Waals surface area contributed by atoms with E-state index < -0.39 is 0 Å². The summed E-state index contributed by atoms with van der Waals surface area (Å²) < 4.78 is 1.78. The van der Waals surface area contributed by atoms with Crippen LogP contribution in [-0.4, -0.2) is 36.0 Å². The molecule has 0 unspecified atom stereocenters. The van der Waals surface area contributed by atoms with E-state index in [0.29, 0.717) is 13.0 Å². The van der Waals surface area contributed by atoms with Crippen LogP contribution in [0.2, 0.25) is 0 Å². The van der Waals surface area contributed by atoms with Gasteiger partial charge in [-0.25, -0.2) is 4.58 Å². The van der Waals surface area contributed by atoms with Crippen LogP contribution in [0, 0.1) is 0 Å². The molecule has 1 heterocycles. The highest BCUT2D eigenvalue weighted by Crippen LogP contribution is 1.92. The third-order valence-corrected chi connectivity index (χ3v) is 1.56. The highest BCUT2D eigenvalue weighted by Gasteiger charge is 2.20. The Labute approximate surface area is 60.1 Å². The van der Waals surface area contributed by atoms with Gasteiger partial charge in [-0.05, 0) is 0 Å². The number of aliphatic imine (C=N–C) groups is 1. The molecule has 54 valence electrons. The molecule has 0 fully saturated rings. The van der Waals surface area contributed by atoms with Crippen molar-refractivity contribution >= 4 is 17.8 Å². The van der Waals surface area contributed by atoms with Gasteiger partial charge in [-0.3, -0.25) is 4.79 Å². The molecule has 1 rings (SSSR count). The van der Waals surface area contributed by atoms with Gasteiger partial charge in [0.2, 0.25) is 5.78 Å². The average molecular weight is 139 g/mol. The summed E-state index contributed by atoms with van der Waals surface area (Å²) in [6.45, 7) is 2.42. The van der Waals surface area contributed by atoms with Gasteiger partial charge in [0, 0.05) is 6.42 Å². The monoisotopic (exact) mass is 139 g/mol. The van der Waals surface area contributed by atoms with E-state index in [4.69, 9.17) is 0 Å². The van der Waals surface area contributed by atoms with Crippen LogP contribution >= 0.6 is 0 Å². The van der Waals surface area contributed by atoms with Crippen molar-refractivity contribution in [2.75, 3.05) is 13.6 Å². The van der Waals surface area contributed by atoms with Crippen LogP contribution in [0.25, 0.3) is 0 Å². The molecule has 10 heavy (non-hydrogen) atoms. The number of Topliss-reactive ketones (excluding diaryl/α,β-unsaturated/α-hetero) is 1. The fraction of sp³-hybridized carbons (Fsp3) is 0.571. The van der Waals surface area contributed by atoms with Crippen LogP contribution in [0.5, 0.6) is 0 Å². The maximum absolute atomic E-state index is 11.1. The predicted octanol–water partition coefficient (Wildman–Crippen LogP) is 0.0907. The lowest BCUT2D eigenvalue weighted by atomic mass is 10.2. The van der Waals surface area contributed by atoms with E-state index >= 15 is 0 Å². The SMILES string of the molecule is CCC(=O)C1=[N+](C)C=NC1. The van der Waals surface area contributed by atoms with Gasteiger partial charge >= 0.3 is 0 Å². The van der Waals surface area contributed by atoms with Gasteiger partial charge in [-0.2, -0.15) is 0 Å². The van der Waals surface area contributed by atoms with Crippen molar-refractivity contribution in [3.8, 4) is 0 Å². The average Bonchev–Trinajstić information content (AvgIpc) is 2.34. The Morgan fingerprint density at radius 1 is 1.90 bits per heavy atom. The lowest BCUT2D eigenvalue weighted by Gasteiger charge is -1.91. The Morgan fingerprint density at radius 3 is 3.00 bits per heavy atom. The molecule has 1 aliphatic heterocycles. The highest BCUT2D eigenvalue weighted by molar-refractivity contribution is 6.39. The second-order valence-electron chi connectivity index (χ2n) is 2.29. The molecule has 0 saturated carbocycles. The van der Waals surface area contributed by atoms with Crippen LogP contribution in [-0.2, 0) is 4.79 Å². The van der Waals surface area contributed by atoms with Crippen molar-refractivity contribution in [2.45, 2.75) is 13.3 Å². The first-order chi connectivity index (χ1) is 4.75. The van der Waals surface area contributed by atoms with Gasteiger partial charge < -0.3 is 0 Å². The molecular weight excluding hydrogens is 128 g/mol. The minimum Gasteiger partial charge on any atom is -0.290 e. The first-order valence-corrected chi connectivity index (χ1v) is 3.37. The quantitative estimate of drug-likeness (QED) is 0.499. The zero-order chi connectivity index (χ0) is 7.56. The number of hydrogen-bond acceptors (Lipinski definition) is 2. The molecule has 0 bridgehead atoms. The van der Waals surface area contributed by atoms with Crippen molar-refractivity contribution < 1.29 is 9.37 Å². The lowest BCUT2D eigenvalue weighted by molar-refractivity contribution is -0.356. The molecule has 0 spiro atoms. The van der Waals surface area contributed by atoms with Crippen molar-refractivity contribution in [1.82, 2.24) is 0 Å². The Balaban J connectivity index is 2.76. The summed E-state index contributed by atoms with van der Waals surface area (Å²) in [4.78, 5) is 15.0. The van der Waals surface area contributed by atoms with Crippen molar-refractivity contribution in [2.24, 2.45) is 4.99 Å². The van der Waals surface area contributed by atoms with Gasteiger partial charge in [0.25, 0.3) is 6.34 Å². The van der Waals surface area contributed by atoms with E-state index in [1.54, 1.807) is 10.9 Å². The van der Waals surface area contributed by atoms with Crippen LogP contribution in [0.3, 0.4) is 0 Å². The van der Waals surface area contributed by atoms with Gasteiger partial charge in [0.05, 0.1) is 7.05 Å². The molecule has 0 N–H and O–H groups in total. The van der Waals surface area contributed by atoms with E-state index in [1.807, 2.05) is 14.0 Å². The van der Waals surface area contributed by atoms with Crippen molar-refractivity contribution in [3.05, 3.63) is 0 Å². The first kappa shape index (κ1) is 7.12. The number of rotatable bonds is 2. The van der Waals surface area contributed by atoms with Gasteiger partial charge in [0.1, 0.15) is 0 Å². The predicted molar refractivity (Wildman–Crippen MR) is 39.8 cm³/mol. The first-order valence-electron chi connectivity index (χ1n) is 3.37. The molecule has 0 aromatic rings. The van der Waals surface area contributed by atoms with Crippen molar-refractivity contribution in [1.29, 1.82) is 0 Å². The van der Waals surface area contributed by atoms with Crippen LogP contribution < -0.4 is 0 Å². The van der Waals surface area contributed by atoms with Crippen LogP contribution in [0.15, 0.2) is 4.99 Å². The second kappa shape index (κ2) is 2.73. The number of carbonyl (C=O) groups excluding carboxylic acids is 1. The lowest BCUT2D eigenvalue weighted by Crippen LogP contribution is -2.22. The maximum Gasteiger partial charge on any atom is 0.280 e. The minimum atomic E-state index is 0.194. The number of carbonyl (C=O) groups is 1. The van der Waals surface area contributed by atoms with Gasteiger partial charge in [0.15, 0.2) is 12.3 Å². The number of nitrogens with zero attached hydrogens (tertiary/aromatic N) is 2.